The molecular weight excluding hydrogens is 216 g/mol. The molecule has 0 saturated carbocycles. The van der Waals surface area contributed by atoms with Gasteiger partial charge in [0, 0.05) is 11.2 Å². The fraction of sp³-hybridized carbons (Fsp3) is 0.400. The summed E-state index contributed by atoms with van der Waals surface area (Å²) >= 11 is 4.24. The van der Waals surface area contributed by atoms with Crippen LogP contribution in [0.25, 0.3) is 0 Å². The normalized spacial score (nSPS) is 11.7. The maximum atomic E-state index is 9.99. The minimum absolute atomic E-state index is 0.0129. The number of thiol groups is 1. The molecule has 0 N–H and O–H groups in total. The summed E-state index contributed by atoms with van der Waals surface area (Å²) in [7, 11) is -1.81. The quantitative estimate of drug-likeness (QED) is 0.792. The molecular formula is C10H16O2S2. The largest absolute Gasteiger partial charge is 0.289 e. The molecule has 0 heterocycles. The van der Waals surface area contributed by atoms with Crippen molar-refractivity contribution < 1.29 is 8.39 Å². The molecule has 1 aromatic rings. The summed E-state index contributed by atoms with van der Waals surface area (Å²) in [4.78, 5) is 0. The van der Waals surface area contributed by atoms with Crippen LogP contribution in [0, 0.1) is 6.92 Å². The molecule has 1 atom stereocenters. The monoisotopic (exact) mass is 232 g/mol. The molecule has 1 rings (SSSR count). The van der Waals surface area contributed by atoms with E-state index in [4.69, 9.17) is 0 Å². The Morgan fingerprint density at radius 3 is 1.93 bits per heavy atom. The Morgan fingerprint density at radius 1 is 1.29 bits per heavy atom. The van der Waals surface area contributed by atoms with Crippen LogP contribution in [0.2, 0.25) is 0 Å². The fourth-order valence-electron chi connectivity index (χ4n) is 0.707. The van der Waals surface area contributed by atoms with Gasteiger partial charge < -0.3 is 0 Å². The Balaban J connectivity index is 0.000000241. The lowest BCUT2D eigenvalue weighted by Crippen LogP contribution is -1.98. The lowest BCUT2D eigenvalue weighted by Gasteiger charge is -1.95. The van der Waals surface area contributed by atoms with Crippen molar-refractivity contribution in [2.45, 2.75) is 26.9 Å². The zero-order chi connectivity index (χ0) is 11.0. The number of hydrogen-bond donors (Lipinski definition) is 1. The Kier molecular flexibility index (Phi) is 7.65. The van der Waals surface area contributed by atoms with Crippen LogP contribution in [0.5, 0.6) is 0 Å². The minimum Gasteiger partial charge on any atom is -0.289 e. The third-order valence-corrected chi connectivity index (χ3v) is 2.09. The molecule has 0 saturated heterocycles. The van der Waals surface area contributed by atoms with E-state index in [9.17, 15) is 4.21 Å². The molecule has 0 bridgehead atoms. The van der Waals surface area contributed by atoms with Crippen molar-refractivity contribution in [1.29, 1.82) is 0 Å². The molecule has 0 aromatic heterocycles. The summed E-state index contributed by atoms with van der Waals surface area (Å²) in [5.74, 6) is 0. The van der Waals surface area contributed by atoms with E-state index in [2.05, 4.69) is 34.4 Å². The molecule has 14 heavy (non-hydrogen) atoms. The van der Waals surface area contributed by atoms with Crippen LogP contribution in [0.4, 0.5) is 0 Å². The first-order valence-electron chi connectivity index (χ1n) is 4.35. The van der Waals surface area contributed by atoms with Gasteiger partial charge >= 0.3 is 0 Å². The average Bonchev–Trinajstić information content (AvgIpc) is 2.03. The average molecular weight is 232 g/mol. The molecule has 0 radical (unpaired) electrons. The summed E-state index contributed by atoms with van der Waals surface area (Å²) < 4.78 is 14.6. The van der Waals surface area contributed by atoms with E-state index >= 15 is 0 Å². The third-order valence-electron chi connectivity index (χ3n) is 1.24. The van der Waals surface area contributed by atoms with E-state index in [0.29, 0.717) is 0 Å². The summed E-state index contributed by atoms with van der Waals surface area (Å²) in [6.45, 7) is 5.67. The first-order valence-corrected chi connectivity index (χ1v) is 6.54. The van der Waals surface area contributed by atoms with Crippen molar-refractivity contribution in [3.8, 4) is 0 Å². The van der Waals surface area contributed by atoms with Gasteiger partial charge in [-0.2, -0.15) is 0 Å². The van der Waals surface area contributed by atoms with Crippen LogP contribution in [0.1, 0.15) is 19.4 Å². The first-order chi connectivity index (χ1) is 6.52. The van der Waals surface area contributed by atoms with Crippen LogP contribution < -0.4 is 0 Å². The molecule has 80 valence electrons. The second-order valence-corrected chi connectivity index (χ2v) is 4.58. The lowest BCUT2D eigenvalue weighted by molar-refractivity contribution is 0.277. The van der Waals surface area contributed by atoms with Crippen molar-refractivity contribution in [1.82, 2.24) is 0 Å². The summed E-state index contributed by atoms with van der Waals surface area (Å²) in [5.41, 5.74) is 1.32. The molecule has 4 heteroatoms. The van der Waals surface area contributed by atoms with Crippen molar-refractivity contribution in [2.75, 3.05) is 0 Å². The standard InChI is InChI=1S/C7H8.C3H8O2S2/c1-7-5-3-2-4-6-7;1-3(2)5-7(4)6/h2-6H,1H3;3,7H,1-2H3. The highest BCUT2D eigenvalue weighted by molar-refractivity contribution is 8.19. The highest BCUT2D eigenvalue weighted by atomic mass is 32.8. The van der Waals surface area contributed by atoms with Gasteiger partial charge in [-0.05, 0) is 20.8 Å². The van der Waals surface area contributed by atoms with Crippen molar-refractivity contribution in [3.63, 3.8) is 0 Å². The Hall–Kier alpha value is -0.450. The number of aryl methyl sites for hydroxylation is 1. The van der Waals surface area contributed by atoms with E-state index in [-0.39, 0.29) is 6.10 Å². The molecule has 0 aliphatic rings. The van der Waals surface area contributed by atoms with E-state index in [1.165, 1.54) is 5.56 Å². The van der Waals surface area contributed by atoms with Gasteiger partial charge in [-0.3, -0.25) is 4.18 Å². The van der Waals surface area contributed by atoms with Crippen molar-refractivity contribution in [2.24, 2.45) is 0 Å². The number of benzene rings is 1. The van der Waals surface area contributed by atoms with Gasteiger partial charge in [0.05, 0.1) is 6.10 Å². The SMILES string of the molecule is CC(C)O[SH](=O)=S.Cc1ccccc1. The Bertz CT molecular complexity index is 297. The van der Waals surface area contributed by atoms with Gasteiger partial charge in [0.1, 0.15) is 9.64 Å². The maximum absolute atomic E-state index is 9.99. The zero-order valence-electron chi connectivity index (χ0n) is 8.64. The molecule has 0 aliphatic heterocycles. The smallest absolute Gasteiger partial charge is 0.133 e. The Morgan fingerprint density at radius 2 is 1.79 bits per heavy atom. The summed E-state index contributed by atoms with van der Waals surface area (Å²) in [6, 6.07) is 10.3. The van der Waals surface area contributed by atoms with Gasteiger partial charge in [0.2, 0.25) is 0 Å². The highest BCUT2D eigenvalue weighted by Gasteiger charge is 1.87. The predicted molar refractivity (Wildman–Crippen MR) is 64.3 cm³/mol. The van der Waals surface area contributed by atoms with E-state index < -0.39 is 9.64 Å². The molecule has 1 aromatic carbocycles. The van der Waals surface area contributed by atoms with Gasteiger partial charge in [-0.15, -0.1) is 0 Å². The Labute approximate surface area is 92.2 Å². The molecule has 0 aliphatic carbocycles. The van der Waals surface area contributed by atoms with Crippen LogP contribution in [0.3, 0.4) is 0 Å². The van der Waals surface area contributed by atoms with Crippen LogP contribution >= 0.6 is 0 Å². The second kappa shape index (κ2) is 7.91. The number of hydrogen-bond acceptors (Lipinski definition) is 3. The molecule has 1 unspecified atom stereocenters. The van der Waals surface area contributed by atoms with Crippen molar-refractivity contribution >= 4 is 20.8 Å². The van der Waals surface area contributed by atoms with Gasteiger partial charge in [-0.1, -0.05) is 35.9 Å². The van der Waals surface area contributed by atoms with E-state index in [0.717, 1.165) is 0 Å². The molecule has 0 amide bonds. The predicted octanol–water partition coefficient (Wildman–Crippen LogP) is 2.26. The molecule has 0 spiro atoms. The van der Waals surface area contributed by atoms with E-state index in [1.807, 2.05) is 18.2 Å². The fourth-order valence-corrected chi connectivity index (χ4v) is 1.57. The van der Waals surface area contributed by atoms with Crippen LogP contribution in [-0.4, -0.2) is 10.3 Å². The van der Waals surface area contributed by atoms with Gasteiger partial charge in [0.25, 0.3) is 0 Å². The minimum atomic E-state index is -1.81. The number of rotatable bonds is 2. The van der Waals surface area contributed by atoms with Crippen LogP contribution in [0.15, 0.2) is 30.3 Å². The highest BCUT2D eigenvalue weighted by Crippen LogP contribution is 1.92. The van der Waals surface area contributed by atoms with Crippen molar-refractivity contribution in [3.05, 3.63) is 35.9 Å². The third kappa shape index (κ3) is 9.64. The second-order valence-electron chi connectivity index (χ2n) is 3.03. The first kappa shape index (κ1) is 13.5. The molecule has 0 fully saturated rings. The maximum Gasteiger partial charge on any atom is 0.133 e. The zero-order valence-corrected chi connectivity index (χ0v) is 10.3. The summed E-state index contributed by atoms with van der Waals surface area (Å²) in [6.07, 6.45) is -0.0129. The topological polar surface area (TPSA) is 26.3 Å². The summed E-state index contributed by atoms with van der Waals surface area (Å²) in [5, 5.41) is 0. The van der Waals surface area contributed by atoms with Gasteiger partial charge in [-0.25, -0.2) is 4.21 Å². The van der Waals surface area contributed by atoms with Crippen LogP contribution in [-0.2, 0) is 25.0 Å². The lowest BCUT2D eigenvalue weighted by atomic mass is 10.2. The van der Waals surface area contributed by atoms with Gasteiger partial charge in [0.15, 0.2) is 0 Å². The van der Waals surface area contributed by atoms with E-state index in [1.54, 1.807) is 13.8 Å². The molecule has 2 nitrogen and oxygen atoms in total.